The fourth-order valence-electron chi connectivity index (χ4n) is 3.23. The minimum absolute atomic E-state index is 0.0183. The summed E-state index contributed by atoms with van der Waals surface area (Å²) in [7, 11) is 0. The average molecular weight is 463 g/mol. The van der Waals surface area contributed by atoms with Crippen LogP contribution in [0.25, 0.3) is 5.57 Å². The molecule has 31 heavy (non-hydrogen) atoms. The van der Waals surface area contributed by atoms with E-state index in [0.29, 0.717) is 21.2 Å². The van der Waals surface area contributed by atoms with E-state index in [9.17, 15) is 22.8 Å². The highest BCUT2D eigenvalue weighted by Crippen LogP contribution is 2.38. The first-order valence-electron chi connectivity index (χ1n) is 9.05. The third-order valence-electron chi connectivity index (χ3n) is 4.81. The van der Waals surface area contributed by atoms with E-state index >= 15 is 0 Å². The van der Waals surface area contributed by atoms with Crippen LogP contribution in [-0.2, 0) is 15.8 Å². The van der Waals surface area contributed by atoms with Crippen molar-refractivity contribution in [1.29, 1.82) is 0 Å². The fraction of sp³-hybridized carbons (Fsp3) is 0.0909. The number of imide groups is 1. The number of nitrogens with one attached hydrogen (secondary N) is 1. The van der Waals surface area contributed by atoms with Crippen LogP contribution in [0.4, 0.5) is 24.5 Å². The van der Waals surface area contributed by atoms with Gasteiger partial charge in [0.15, 0.2) is 0 Å². The maximum absolute atomic E-state index is 13.3. The zero-order chi connectivity index (χ0) is 22.3. The number of halogens is 4. The Bertz CT molecular complexity index is 1220. The van der Waals surface area contributed by atoms with Crippen molar-refractivity contribution in [2.75, 3.05) is 10.2 Å². The zero-order valence-corrected chi connectivity index (χ0v) is 17.5. The molecule has 1 aromatic heterocycles. The Morgan fingerprint density at radius 3 is 2.42 bits per heavy atom. The summed E-state index contributed by atoms with van der Waals surface area (Å²) in [5.74, 6) is -1.44. The number of carbonyl (C=O) groups is 2. The van der Waals surface area contributed by atoms with E-state index in [0.717, 1.165) is 23.1 Å². The van der Waals surface area contributed by atoms with Gasteiger partial charge in [-0.2, -0.15) is 13.2 Å². The van der Waals surface area contributed by atoms with Crippen LogP contribution < -0.4 is 10.2 Å². The lowest BCUT2D eigenvalue weighted by molar-refractivity contribution is -0.137. The molecule has 2 heterocycles. The molecule has 0 aliphatic carbocycles. The number of benzene rings is 2. The Hall–Kier alpha value is -3.10. The largest absolute Gasteiger partial charge is 0.416 e. The molecule has 0 radical (unpaired) electrons. The number of carbonyl (C=O) groups excluding carboxylic acids is 2. The van der Waals surface area contributed by atoms with E-state index in [1.807, 2.05) is 0 Å². The normalized spacial score (nSPS) is 14.5. The summed E-state index contributed by atoms with van der Waals surface area (Å²) < 4.78 is 39.5. The summed E-state index contributed by atoms with van der Waals surface area (Å²) in [4.78, 5) is 27.8. The maximum atomic E-state index is 13.3. The van der Waals surface area contributed by atoms with E-state index < -0.39 is 23.6 Å². The third-order valence-corrected chi connectivity index (χ3v) is 6.11. The molecule has 1 N–H and O–H groups in total. The summed E-state index contributed by atoms with van der Waals surface area (Å²) in [6.07, 6.45) is -4.61. The highest BCUT2D eigenvalue weighted by Gasteiger charge is 2.41. The van der Waals surface area contributed by atoms with Gasteiger partial charge in [0.1, 0.15) is 5.70 Å². The van der Waals surface area contributed by atoms with Crippen molar-refractivity contribution in [2.24, 2.45) is 0 Å². The maximum Gasteiger partial charge on any atom is 0.416 e. The Balaban J connectivity index is 1.81. The summed E-state index contributed by atoms with van der Waals surface area (Å²) in [6.45, 7) is 1.75. The molecule has 158 valence electrons. The van der Waals surface area contributed by atoms with Gasteiger partial charge in [0.2, 0.25) is 0 Å². The highest BCUT2D eigenvalue weighted by atomic mass is 35.5. The van der Waals surface area contributed by atoms with E-state index in [1.165, 1.54) is 17.4 Å². The molecule has 2 amide bonds. The summed E-state index contributed by atoms with van der Waals surface area (Å²) in [6, 6.07) is 12.6. The van der Waals surface area contributed by atoms with Crippen LogP contribution in [0.2, 0.25) is 5.02 Å². The molecule has 0 unspecified atom stereocenters. The molecule has 4 nitrogen and oxygen atoms in total. The van der Waals surface area contributed by atoms with Crippen molar-refractivity contribution >= 4 is 51.7 Å². The fourth-order valence-corrected chi connectivity index (χ4v) is 4.17. The lowest BCUT2D eigenvalue weighted by Crippen LogP contribution is -2.32. The van der Waals surface area contributed by atoms with E-state index in [2.05, 4.69) is 5.32 Å². The van der Waals surface area contributed by atoms with Crippen LogP contribution in [0.3, 0.4) is 0 Å². The highest BCUT2D eigenvalue weighted by molar-refractivity contribution is 7.11. The van der Waals surface area contributed by atoms with Crippen molar-refractivity contribution in [3.05, 3.63) is 86.7 Å². The van der Waals surface area contributed by atoms with Crippen LogP contribution in [0, 0.1) is 6.92 Å². The second-order valence-corrected chi connectivity index (χ2v) is 8.11. The number of hydrogen-bond donors (Lipinski definition) is 1. The second-order valence-electron chi connectivity index (χ2n) is 6.76. The number of nitrogens with zero attached hydrogens (tertiary/aromatic N) is 1. The molecule has 4 rings (SSSR count). The molecule has 9 heteroatoms. The van der Waals surface area contributed by atoms with Gasteiger partial charge in [0.25, 0.3) is 11.8 Å². The van der Waals surface area contributed by atoms with Crippen LogP contribution in [-0.4, -0.2) is 11.8 Å². The molecule has 1 aliphatic rings. The van der Waals surface area contributed by atoms with Crippen LogP contribution >= 0.6 is 22.9 Å². The Morgan fingerprint density at radius 2 is 1.74 bits per heavy atom. The summed E-state index contributed by atoms with van der Waals surface area (Å²) >= 11 is 7.41. The van der Waals surface area contributed by atoms with Crippen molar-refractivity contribution in [2.45, 2.75) is 13.1 Å². The Morgan fingerprint density at radius 1 is 1.00 bits per heavy atom. The number of alkyl halides is 3. The molecule has 3 aromatic rings. The van der Waals surface area contributed by atoms with Gasteiger partial charge in [-0.25, -0.2) is 4.90 Å². The number of hydrogen-bond acceptors (Lipinski definition) is 4. The standard InChI is InChI=1S/C22H14ClF3N2O2S/c1-12-15(23)7-3-8-16(12)27-19-18(17-9-4-10-31-17)20(29)28(21(19)30)14-6-2-5-13(11-14)22(24,25)26/h2-11,27H,1H3. The quantitative estimate of drug-likeness (QED) is 0.475. The number of anilines is 2. The minimum Gasteiger partial charge on any atom is -0.350 e. The van der Waals surface area contributed by atoms with Crippen LogP contribution in [0.5, 0.6) is 0 Å². The van der Waals surface area contributed by atoms with Gasteiger partial charge < -0.3 is 5.32 Å². The molecule has 1 aliphatic heterocycles. The molecule has 0 atom stereocenters. The zero-order valence-electron chi connectivity index (χ0n) is 16.0. The van der Waals surface area contributed by atoms with Gasteiger partial charge in [-0.3, -0.25) is 9.59 Å². The van der Waals surface area contributed by atoms with E-state index in [-0.39, 0.29) is 17.0 Å². The van der Waals surface area contributed by atoms with Gasteiger partial charge in [-0.15, -0.1) is 11.3 Å². The number of rotatable bonds is 4. The van der Waals surface area contributed by atoms with Crippen molar-refractivity contribution in [3.8, 4) is 0 Å². The second kappa shape index (κ2) is 7.86. The van der Waals surface area contributed by atoms with Gasteiger partial charge in [0, 0.05) is 15.6 Å². The first kappa shape index (κ1) is 21.1. The van der Waals surface area contributed by atoms with Crippen LogP contribution in [0.15, 0.2) is 65.7 Å². The van der Waals surface area contributed by atoms with Crippen molar-refractivity contribution < 1.29 is 22.8 Å². The predicted octanol–water partition coefficient (Wildman–Crippen LogP) is 6.13. The summed E-state index contributed by atoms with van der Waals surface area (Å²) in [5.41, 5.74) is 0.157. The SMILES string of the molecule is Cc1c(Cl)cccc1NC1=C(c2cccs2)C(=O)N(c2cccc(C(F)(F)F)c2)C1=O. The number of thiophene rings is 1. The Kier molecular flexibility index (Phi) is 5.36. The third kappa shape index (κ3) is 3.84. The monoisotopic (exact) mass is 462 g/mol. The molecule has 0 saturated carbocycles. The first-order chi connectivity index (χ1) is 14.7. The molecule has 0 bridgehead atoms. The first-order valence-corrected chi connectivity index (χ1v) is 10.3. The lowest BCUT2D eigenvalue weighted by atomic mass is 10.1. The average Bonchev–Trinajstić information content (AvgIpc) is 3.32. The predicted molar refractivity (Wildman–Crippen MR) is 115 cm³/mol. The molecule has 2 aromatic carbocycles. The lowest BCUT2D eigenvalue weighted by Gasteiger charge is -2.17. The molecule has 0 saturated heterocycles. The number of amides is 2. The minimum atomic E-state index is -4.61. The summed E-state index contributed by atoms with van der Waals surface area (Å²) in [5, 5.41) is 5.19. The molecular weight excluding hydrogens is 449 g/mol. The van der Waals surface area contributed by atoms with E-state index in [1.54, 1.807) is 42.6 Å². The van der Waals surface area contributed by atoms with E-state index in [4.69, 9.17) is 11.6 Å². The van der Waals surface area contributed by atoms with Crippen molar-refractivity contribution in [3.63, 3.8) is 0 Å². The van der Waals surface area contributed by atoms with Gasteiger partial charge in [-0.05, 0) is 54.3 Å². The van der Waals surface area contributed by atoms with Gasteiger partial charge in [-0.1, -0.05) is 29.8 Å². The van der Waals surface area contributed by atoms with Gasteiger partial charge in [0.05, 0.1) is 16.8 Å². The molecule has 0 fully saturated rings. The molecule has 0 spiro atoms. The van der Waals surface area contributed by atoms with Gasteiger partial charge >= 0.3 is 6.18 Å². The van der Waals surface area contributed by atoms with Crippen LogP contribution in [0.1, 0.15) is 16.0 Å². The topological polar surface area (TPSA) is 49.4 Å². The Labute approximate surface area is 184 Å². The smallest absolute Gasteiger partial charge is 0.350 e. The van der Waals surface area contributed by atoms with Crippen molar-refractivity contribution in [1.82, 2.24) is 0 Å². The molecular formula is C22H14ClF3N2O2S.